The van der Waals surface area contributed by atoms with Gasteiger partial charge < -0.3 is 24.2 Å². The number of ether oxygens (including phenoxy) is 2. The fourth-order valence-electron chi connectivity index (χ4n) is 5.11. The number of aromatic nitrogens is 2. The van der Waals surface area contributed by atoms with Gasteiger partial charge in [0.15, 0.2) is 0 Å². The highest BCUT2D eigenvalue weighted by Gasteiger charge is 2.43. The second-order valence-electron chi connectivity index (χ2n) is 10.7. The number of methoxy groups -OCH3 is 1. The lowest BCUT2D eigenvalue weighted by Gasteiger charge is -2.33. The van der Waals surface area contributed by atoms with Gasteiger partial charge in [0, 0.05) is 43.4 Å². The number of carbonyl (C=O) groups is 2. The van der Waals surface area contributed by atoms with Crippen molar-refractivity contribution in [2.75, 3.05) is 13.7 Å². The van der Waals surface area contributed by atoms with Gasteiger partial charge in [-0.1, -0.05) is 49.8 Å². The van der Waals surface area contributed by atoms with Crippen molar-refractivity contribution in [2.45, 2.75) is 77.7 Å². The summed E-state index contributed by atoms with van der Waals surface area (Å²) >= 11 is 0. The number of likely N-dealkylation sites (tertiary alicyclic amines) is 1. The van der Waals surface area contributed by atoms with Crippen LogP contribution in [0, 0.1) is 6.92 Å². The van der Waals surface area contributed by atoms with E-state index in [1.54, 1.807) is 31.2 Å². The first kappa shape index (κ1) is 30.0. The second-order valence-corrected chi connectivity index (χ2v) is 10.7. The number of amides is 2. The van der Waals surface area contributed by atoms with Gasteiger partial charge in [-0.15, -0.1) is 0 Å². The minimum Gasteiger partial charge on any atom is -0.481 e. The summed E-state index contributed by atoms with van der Waals surface area (Å²) in [6, 6.07) is 12.8. The molecule has 1 N–H and O–H groups in total. The van der Waals surface area contributed by atoms with Crippen LogP contribution in [0.2, 0.25) is 0 Å². The van der Waals surface area contributed by atoms with Gasteiger partial charge in [0.2, 0.25) is 17.7 Å². The molecule has 9 heteroatoms. The number of rotatable bonds is 12. The number of hydrogen-bond donors (Lipinski definition) is 1. The SMILES string of the molecule is C=C(CC)C(C)(CC)OC1CC(C(=O)NCc2ccc(-c3ccc(OC)nc3)cc2)N(C(=O)Cc2cc(C)no2)C1. The predicted molar refractivity (Wildman–Crippen MR) is 156 cm³/mol. The van der Waals surface area contributed by atoms with Gasteiger partial charge in [-0.05, 0) is 49.5 Å². The maximum Gasteiger partial charge on any atom is 0.243 e. The van der Waals surface area contributed by atoms with Crippen LogP contribution >= 0.6 is 0 Å². The Kier molecular flexibility index (Phi) is 9.60. The Hall–Kier alpha value is -3.98. The highest BCUT2D eigenvalue weighted by Crippen LogP contribution is 2.32. The van der Waals surface area contributed by atoms with Crippen LogP contribution < -0.4 is 10.1 Å². The third-order valence-corrected chi connectivity index (χ3v) is 7.86. The van der Waals surface area contributed by atoms with Crippen LogP contribution in [0.5, 0.6) is 5.88 Å². The molecule has 1 aliphatic heterocycles. The average molecular weight is 561 g/mol. The minimum absolute atomic E-state index is 0.0335. The molecular weight excluding hydrogens is 520 g/mol. The molecule has 1 saturated heterocycles. The van der Waals surface area contributed by atoms with Crippen LogP contribution in [0.1, 0.15) is 57.1 Å². The zero-order valence-electron chi connectivity index (χ0n) is 24.6. The smallest absolute Gasteiger partial charge is 0.243 e. The Labute approximate surface area is 241 Å². The first-order valence-corrected chi connectivity index (χ1v) is 14.1. The number of nitrogens with zero attached hydrogens (tertiary/aromatic N) is 3. The molecule has 2 aromatic heterocycles. The molecule has 4 rings (SSSR count). The summed E-state index contributed by atoms with van der Waals surface area (Å²) < 4.78 is 16.9. The molecule has 1 aromatic carbocycles. The van der Waals surface area contributed by atoms with E-state index in [9.17, 15) is 9.59 Å². The van der Waals surface area contributed by atoms with Crippen molar-refractivity contribution >= 4 is 11.8 Å². The van der Waals surface area contributed by atoms with Gasteiger partial charge in [0.25, 0.3) is 0 Å². The molecule has 0 aliphatic carbocycles. The molecule has 218 valence electrons. The standard InChI is InChI=1S/C32H40N4O5/c1-7-21(3)32(5,8-2)40-27-16-28(36(20-27)30(37)17-26-15-22(4)35-41-26)31(38)34-18-23-9-11-24(12-10-23)25-13-14-29(39-6)33-19-25/h9-15,19,27-28H,3,7-8,16-18,20H2,1-2,4-6H3,(H,34,38). The van der Waals surface area contributed by atoms with Crippen LogP contribution in [0.15, 0.2) is 65.3 Å². The minimum atomic E-state index is -0.655. The molecule has 1 fully saturated rings. The predicted octanol–water partition coefficient (Wildman–Crippen LogP) is 5.03. The van der Waals surface area contributed by atoms with Crippen molar-refractivity contribution in [3.63, 3.8) is 0 Å². The average Bonchev–Trinajstić information content (AvgIpc) is 3.61. The first-order chi connectivity index (χ1) is 19.6. The molecule has 1 aliphatic rings. The molecule has 2 amide bonds. The van der Waals surface area contributed by atoms with Gasteiger partial charge in [-0.2, -0.15) is 0 Å². The largest absolute Gasteiger partial charge is 0.481 e. The Balaban J connectivity index is 1.44. The Morgan fingerprint density at radius 1 is 1.17 bits per heavy atom. The highest BCUT2D eigenvalue weighted by molar-refractivity contribution is 5.89. The van der Waals surface area contributed by atoms with Crippen molar-refractivity contribution in [2.24, 2.45) is 0 Å². The van der Waals surface area contributed by atoms with E-state index in [4.69, 9.17) is 14.0 Å². The molecule has 9 nitrogen and oxygen atoms in total. The van der Waals surface area contributed by atoms with E-state index in [1.807, 2.05) is 43.3 Å². The molecule has 0 saturated carbocycles. The summed E-state index contributed by atoms with van der Waals surface area (Å²) in [5, 5.41) is 6.91. The van der Waals surface area contributed by atoms with Gasteiger partial charge >= 0.3 is 0 Å². The number of carbonyl (C=O) groups excluding carboxylic acids is 2. The van der Waals surface area contributed by atoms with Crippen molar-refractivity contribution in [1.29, 1.82) is 0 Å². The van der Waals surface area contributed by atoms with Crippen molar-refractivity contribution in [3.8, 4) is 17.0 Å². The van der Waals surface area contributed by atoms with E-state index in [-0.39, 0.29) is 24.3 Å². The van der Waals surface area contributed by atoms with Gasteiger partial charge in [-0.3, -0.25) is 9.59 Å². The molecule has 0 bridgehead atoms. The Bertz CT molecular complexity index is 1350. The first-order valence-electron chi connectivity index (χ1n) is 14.1. The Morgan fingerprint density at radius 2 is 1.90 bits per heavy atom. The van der Waals surface area contributed by atoms with Crippen LogP contribution in [0.3, 0.4) is 0 Å². The van der Waals surface area contributed by atoms with E-state index in [2.05, 4.69) is 35.9 Å². The summed E-state index contributed by atoms with van der Waals surface area (Å²) in [6.07, 6.45) is 3.45. The third-order valence-electron chi connectivity index (χ3n) is 7.86. The molecule has 0 radical (unpaired) electrons. The highest BCUT2D eigenvalue weighted by atomic mass is 16.5. The van der Waals surface area contributed by atoms with Crippen molar-refractivity contribution in [3.05, 3.63) is 77.8 Å². The number of benzene rings is 1. The molecule has 41 heavy (non-hydrogen) atoms. The zero-order valence-corrected chi connectivity index (χ0v) is 24.6. The number of aryl methyl sites for hydroxylation is 1. The molecule has 3 unspecified atom stereocenters. The lowest BCUT2D eigenvalue weighted by atomic mass is 9.91. The van der Waals surface area contributed by atoms with Crippen LogP contribution in [-0.4, -0.2) is 58.3 Å². The number of nitrogens with one attached hydrogen (secondary N) is 1. The van der Waals surface area contributed by atoms with E-state index < -0.39 is 11.6 Å². The summed E-state index contributed by atoms with van der Waals surface area (Å²) in [7, 11) is 1.59. The summed E-state index contributed by atoms with van der Waals surface area (Å²) in [5.74, 6) is 0.623. The van der Waals surface area contributed by atoms with Crippen LogP contribution in [0.4, 0.5) is 0 Å². The quantitative estimate of drug-likeness (QED) is 0.310. The van der Waals surface area contributed by atoms with Gasteiger partial charge in [-0.25, -0.2) is 4.98 Å². The van der Waals surface area contributed by atoms with Crippen LogP contribution in [0.25, 0.3) is 11.1 Å². The molecular formula is C32H40N4O5. The maximum absolute atomic E-state index is 13.5. The molecule has 3 heterocycles. The van der Waals surface area contributed by atoms with Crippen molar-refractivity contribution < 1.29 is 23.6 Å². The third kappa shape index (κ3) is 7.21. The van der Waals surface area contributed by atoms with Gasteiger partial charge in [0.05, 0.1) is 30.9 Å². The van der Waals surface area contributed by atoms with Crippen molar-refractivity contribution in [1.82, 2.24) is 20.4 Å². The zero-order chi connectivity index (χ0) is 29.6. The second kappa shape index (κ2) is 13.1. The van der Waals surface area contributed by atoms with E-state index >= 15 is 0 Å². The number of pyridine rings is 1. The topological polar surface area (TPSA) is 107 Å². The lowest BCUT2D eigenvalue weighted by Crippen LogP contribution is -2.46. The normalized spacial score (nSPS) is 18.1. The fourth-order valence-corrected chi connectivity index (χ4v) is 5.11. The lowest BCUT2D eigenvalue weighted by molar-refractivity contribution is -0.138. The molecule has 3 aromatic rings. The monoisotopic (exact) mass is 560 g/mol. The van der Waals surface area contributed by atoms with E-state index in [0.717, 1.165) is 35.1 Å². The summed E-state index contributed by atoms with van der Waals surface area (Å²) in [4.78, 5) is 32.7. The van der Waals surface area contributed by atoms with Crippen LogP contribution in [-0.2, 0) is 27.3 Å². The number of hydrogen-bond acceptors (Lipinski definition) is 7. The van der Waals surface area contributed by atoms with Gasteiger partial charge in [0.1, 0.15) is 11.8 Å². The Morgan fingerprint density at radius 3 is 2.49 bits per heavy atom. The fraction of sp³-hybridized carbons (Fsp3) is 0.438. The molecule has 0 spiro atoms. The summed E-state index contributed by atoms with van der Waals surface area (Å²) in [6.45, 7) is 12.8. The summed E-state index contributed by atoms with van der Waals surface area (Å²) in [5.41, 5.74) is 4.11. The molecule has 3 atom stereocenters. The van der Waals surface area contributed by atoms with E-state index in [0.29, 0.717) is 36.8 Å². The van der Waals surface area contributed by atoms with E-state index in [1.165, 1.54) is 0 Å². The maximum atomic E-state index is 13.5.